The van der Waals surface area contributed by atoms with Gasteiger partial charge in [-0.15, -0.1) is 0 Å². The molecule has 0 aliphatic carbocycles. The Morgan fingerprint density at radius 1 is 1.23 bits per heavy atom. The van der Waals surface area contributed by atoms with E-state index in [-0.39, 0.29) is 6.03 Å². The van der Waals surface area contributed by atoms with Gasteiger partial charge in [0.05, 0.1) is 6.10 Å². The predicted octanol–water partition coefficient (Wildman–Crippen LogP) is 1.01. The molecule has 1 aromatic rings. The Labute approximate surface area is 154 Å². The number of carbonyl (C=O) groups excluding carboxylic acids is 1. The topological polar surface area (TPSA) is 88.4 Å². The lowest BCUT2D eigenvalue weighted by Crippen LogP contribution is -2.47. The number of urea groups is 1. The molecule has 3 aliphatic heterocycles. The van der Waals surface area contributed by atoms with Crippen LogP contribution in [0.2, 0.25) is 0 Å². The number of hydrogen-bond acceptors (Lipinski definition) is 6. The summed E-state index contributed by atoms with van der Waals surface area (Å²) in [5, 5.41) is 15.4. The minimum atomic E-state index is 0.0456. The molecule has 2 atom stereocenters. The number of ether oxygens (including phenoxy) is 1. The van der Waals surface area contributed by atoms with Crippen molar-refractivity contribution < 1.29 is 9.53 Å². The smallest absolute Gasteiger partial charge is 0.317 e. The van der Waals surface area contributed by atoms with Crippen LogP contribution in [0.3, 0.4) is 0 Å². The van der Waals surface area contributed by atoms with Crippen LogP contribution >= 0.6 is 0 Å². The van der Waals surface area contributed by atoms with E-state index in [0.29, 0.717) is 18.2 Å². The number of aryl methyl sites for hydroxylation is 1. The highest BCUT2D eigenvalue weighted by atomic mass is 16.5. The van der Waals surface area contributed by atoms with Gasteiger partial charge in [0, 0.05) is 44.9 Å². The molecule has 26 heavy (non-hydrogen) atoms. The monoisotopic (exact) mass is 363 g/mol. The van der Waals surface area contributed by atoms with Crippen molar-refractivity contribution in [3.8, 4) is 0 Å². The third-order valence-corrected chi connectivity index (χ3v) is 5.80. The highest BCUT2D eigenvalue weighted by Gasteiger charge is 2.43. The number of nitrogens with one attached hydrogen (secondary N) is 1. The van der Waals surface area contributed by atoms with Gasteiger partial charge in [-0.3, -0.25) is 0 Å². The van der Waals surface area contributed by atoms with Crippen molar-refractivity contribution in [1.29, 1.82) is 0 Å². The number of nitrogens with zero attached hydrogens (tertiary/aromatic N) is 6. The number of anilines is 1. The van der Waals surface area contributed by atoms with E-state index in [0.717, 1.165) is 64.4 Å². The molecular weight excluding hydrogens is 334 g/mol. The van der Waals surface area contributed by atoms with Crippen LogP contribution in [0.4, 0.5) is 10.7 Å². The normalized spacial score (nSPS) is 28.5. The fraction of sp³-hybridized carbons (Fsp3) is 0.882. The van der Waals surface area contributed by atoms with E-state index in [1.165, 1.54) is 12.8 Å². The first-order valence-corrected chi connectivity index (χ1v) is 9.95. The highest BCUT2D eigenvalue weighted by molar-refractivity contribution is 5.74. The summed E-state index contributed by atoms with van der Waals surface area (Å²) in [6.07, 6.45) is 6.74. The molecule has 9 nitrogen and oxygen atoms in total. The van der Waals surface area contributed by atoms with Gasteiger partial charge >= 0.3 is 6.03 Å². The number of fused-ring (bicyclic) bond motifs is 2. The molecule has 0 radical (unpaired) electrons. The molecule has 3 fully saturated rings. The Morgan fingerprint density at radius 3 is 2.77 bits per heavy atom. The van der Waals surface area contributed by atoms with E-state index < -0.39 is 0 Å². The molecule has 4 heterocycles. The van der Waals surface area contributed by atoms with Crippen molar-refractivity contribution in [2.75, 3.05) is 31.1 Å². The molecule has 0 aromatic carbocycles. The second-order valence-corrected chi connectivity index (χ2v) is 7.47. The maximum absolute atomic E-state index is 11.8. The second-order valence-electron chi connectivity index (χ2n) is 7.47. The van der Waals surface area contributed by atoms with Crippen LogP contribution in [0, 0.1) is 0 Å². The Kier molecular flexibility index (Phi) is 5.23. The molecular formula is C17H29N7O2. The van der Waals surface area contributed by atoms with Gasteiger partial charge in [0.2, 0.25) is 5.95 Å². The molecule has 4 rings (SSSR count). The lowest BCUT2D eigenvalue weighted by atomic mass is 10.00. The van der Waals surface area contributed by atoms with Crippen LogP contribution in [0.15, 0.2) is 0 Å². The minimum Gasteiger partial charge on any atom is -0.378 e. The van der Waals surface area contributed by atoms with Gasteiger partial charge in [0.1, 0.15) is 0 Å². The van der Waals surface area contributed by atoms with Crippen LogP contribution in [-0.4, -0.2) is 75.6 Å². The molecule has 1 aromatic heterocycles. The van der Waals surface area contributed by atoms with Gasteiger partial charge in [-0.2, -0.15) is 0 Å². The standard InChI is InChI=1S/C17H29N7O2/c1-2-26-15-11-13-5-6-14(12-15)24(13)16-19-20-21-23(16)10-4-9-22-8-3-7-18-17(22)25/h13-15H,2-12H2,1H3,(H,18,25). The van der Waals surface area contributed by atoms with Gasteiger partial charge in [-0.25, -0.2) is 9.48 Å². The van der Waals surface area contributed by atoms with Crippen molar-refractivity contribution in [3.63, 3.8) is 0 Å². The largest absolute Gasteiger partial charge is 0.378 e. The van der Waals surface area contributed by atoms with E-state index in [2.05, 4.69) is 32.7 Å². The summed E-state index contributed by atoms with van der Waals surface area (Å²) >= 11 is 0. The zero-order chi connectivity index (χ0) is 17.9. The molecule has 144 valence electrons. The maximum Gasteiger partial charge on any atom is 0.317 e. The first kappa shape index (κ1) is 17.5. The lowest BCUT2D eigenvalue weighted by Gasteiger charge is -2.38. The van der Waals surface area contributed by atoms with Crippen molar-refractivity contribution in [1.82, 2.24) is 30.4 Å². The van der Waals surface area contributed by atoms with Crippen molar-refractivity contribution in [2.45, 2.75) is 70.2 Å². The van der Waals surface area contributed by atoms with E-state index in [1.807, 2.05) is 9.58 Å². The zero-order valence-corrected chi connectivity index (χ0v) is 15.5. The summed E-state index contributed by atoms with van der Waals surface area (Å²) in [4.78, 5) is 16.1. The molecule has 3 aliphatic rings. The van der Waals surface area contributed by atoms with E-state index in [1.54, 1.807) is 0 Å². The number of carbonyl (C=O) groups is 1. The maximum atomic E-state index is 11.8. The SMILES string of the molecule is CCOC1CC2CCC(C1)N2c1nnnn1CCCN1CCCNC1=O. The Bertz CT molecular complexity index is 608. The molecule has 2 unspecified atom stereocenters. The van der Waals surface area contributed by atoms with Crippen molar-refractivity contribution in [2.24, 2.45) is 0 Å². The number of hydrogen-bond donors (Lipinski definition) is 1. The number of aromatic nitrogens is 4. The average Bonchev–Trinajstić information content (AvgIpc) is 3.18. The summed E-state index contributed by atoms with van der Waals surface area (Å²) in [7, 11) is 0. The van der Waals surface area contributed by atoms with Gasteiger partial charge < -0.3 is 19.9 Å². The van der Waals surface area contributed by atoms with Crippen LogP contribution in [0.25, 0.3) is 0 Å². The molecule has 3 saturated heterocycles. The molecule has 0 saturated carbocycles. The average molecular weight is 363 g/mol. The van der Waals surface area contributed by atoms with Gasteiger partial charge in [-0.05, 0) is 55.9 Å². The fourth-order valence-electron chi connectivity index (χ4n) is 4.66. The van der Waals surface area contributed by atoms with Crippen LogP contribution in [0.5, 0.6) is 0 Å². The van der Waals surface area contributed by atoms with E-state index in [9.17, 15) is 4.79 Å². The van der Waals surface area contributed by atoms with Gasteiger partial charge in [0.15, 0.2) is 0 Å². The molecule has 9 heteroatoms. The number of tetrazole rings is 1. The molecule has 0 spiro atoms. The fourth-order valence-corrected chi connectivity index (χ4v) is 4.66. The quantitative estimate of drug-likeness (QED) is 0.778. The van der Waals surface area contributed by atoms with Gasteiger partial charge in [-0.1, -0.05) is 5.10 Å². The second kappa shape index (κ2) is 7.77. The Morgan fingerprint density at radius 2 is 2.04 bits per heavy atom. The van der Waals surface area contributed by atoms with Crippen LogP contribution < -0.4 is 10.2 Å². The summed E-state index contributed by atoms with van der Waals surface area (Å²) in [6.45, 7) is 5.95. The lowest BCUT2D eigenvalue weighted by molar-refractivity contribution is 0.0344. The van der Waals surface area contributed by atoms with Crippen LogP contribution in [0.1, 0.15) is 45.4 Å². The van der Waals surface area contributed by atoms with E-state index >= 15 is 0 Å². The van der Waals surface area contributed by atoms with Crippen molar-refractivity contribution >= 4 is 12.0 Å². The number of piperidine rings is 1. The van der Waals surface area contributed by atoms with Gasteiger partial charge in [0.25, 0.3) is 0 Å². The number of rotatable bonds is 7. The zero-order valence-electron chi connectivity index (χ0n) is 15.5. The first-order valence-electron chi connectivity index (χ1n) is 9.95. The van der Waals surface area contributed by atoms with E-state index in [4.69, 9.17) is 4.74 Å². The highest BCUT2D eigenvalue weighted by Crippen LogP contribution is 2.39. The summed E-state index contributed by atoms with van der Waals surface area (Å²) in [6, 6.07) is 0.995. The minimum absolute atomic E-state index is 0.0456. The first-order chi connectivity index (χ1) is 12.8. The van der Waals surface area contributed by atoms with Crippen LogP contribution in [-0.2, 0) is 11.3 Å². The third-order valence-electron chi connectivity index (χ3n) is 5.80. The Hall–Kier alpha value is -1.90. The van der Waals surface area contributed by atoms with Crippen molar-refractivity contribution in [3.05, 3.63) is 0 Å². The summed E-state index contributed by atoms with van der Waals surface area (Å²) in [5.41, 5.74) is 0. The molecule has 2 bridgehead atoms. The predicted molar refractivity (Wildman–Crippen MR) is 96.0 cm³/mol. The number of amides is 2. The molecule has 2 amide bonds. The summed E-state index contributed by atoms with van der Waals surface area (Å²) < 4.78 is 7.78. The third kappa shape index (κ3) is 3.49. The Balaban J connectivity index is 1.36. The summed E-state index contributed by atoms with van der Waals surface area (Å²) in [5.74, 6) is 0.885. The molecule has 1 N–H and O–H groups in total.